The molecule has 4 rings (SSSR count). The summed E-state index contributed by atoms with van der Waals surface area (Å²) in [6.07, 6.45) is 1.52. The summed E-state index contributed by atoms with van der Waals surface area (Å²) < 4.78 is 6.24. The number of morpholine rings is 1. The van der Waals surface area contributed by atoms with Crippen LogP contribution in [0.5, 0.6) is 0 Å². The molecule has 0 spiro atoms. The summed E-state index contributed by atoms with van der Waals surface area (Å²) >= 11 is 9.82. The number of non-ortho nitro benzene ring substituents is 1. The summed E-state index contributed by atoms with van der Waals surface area (Å²) in [5.41, 5.74) is 5.14. The molecule has 13 heteroatoms. The number of anilines is 4. The Labute approximate surface area is 208 Å². The van der Waals surface area contributed by atoms with E-state index in [1.807, 2.05) is 17.9 Å². The summed E-state index contributed by atoms with van der Waals surface area (Å²) in [6.45, 7) is 4.37. The van der Waals surface area contributed by atoms with Gasteiger partial charge < -0.3 is 15.0 Å². The van der Waals surface area contributed by atoms with Gasteiger partial charge in [-0.3, -0.25) is 10.1 Å². The Hall–Kier alpha value is -3.35. The number of hydrogen-bond acceptors (Lipinski definition) is 10. The maximum Gasteiger partial charge on any atom is 0.269 e. The van der Waals surface area contributed by atoms with Crippen molar-refractivity contribution in [1.82, 2.24) is 15.0 Å². The van der Waals surface area contributed by atoms with Gasteiger partial charge in [0.1, 0.15) is 0 Å². The van der Waals surface area contributed by atoms with Crippen molar-refractivity contribution >= 4 is 63.0 Å². The minimum Gasteiger partial charge on any atom is -0.378 e. The molecule has 0 aliphatic carbocycles. The van der Waals surface area contributed by atoms with Crippen LogP contribution < -0.4 is 15.6 Å². The van der Waals surface area contributed by atoms with E-state index in [-0.39, 0.29) is 11.6 Å². The van der Waals surface area contributed by atoms with Crippen LogP contribution in [-0.2, 0) is 4.74 Å². The molecule has 1 saturated heterocycles. The van der Waals surface area contributed by atoms with Crippen molar-refractivity contribution in [2.75, 3.05) is 41.9 Å². The van der Waals surface area contributed by atoms with Gasteiger partial charge in [-0.1, -0.05) is 11.6 Å². The summed E-state index contributed by atoms with van der Waals surface area (Å²) in [5, 5.41) is 18.8. The number of nitro benzene ring substituents is 1. The molecule has 2 heterocycles. The molecule has 2 aromatic carbocycles. The molecule has 0 amide bonds. The monoisotopic (exact) mass is 546 g/mol. The number of halogens is 2. The summed E-state index contributed by atoms with van der Waals surface area (Å²) in [4.78, 5) is 25.8. The molecule has 1 aromatic heterocycles. The number of rotatable bonds is 7. The first kappa shape index (κ1) is 23.8. The number of benzene rings is 2. The highest BCUT2D eigenvalue weighted by atomic mass is 79.9. The van der Waals surface area contributed by atoms with Gasteiger partial charge in [-0.15, -0.1) is 0 Å². The highest BCUT2D eigenvalue weighted by Gasteiger charge is 2.17. The highest BCUT2D eigenvalue weighted by Crippen LogP contribution is 2.31. The van der Waals surface area contributed by atoms with E-state index in [1.54, 1.807) is 18.2 Å². The van der Waals surface area contributed by atoms with Crippen LogP contribution in [-0.4, -0.2) is 52.4 Å². The predicted octanol–water partition coefficient (Wildman–Crippen LogP) is 4.53. The average molecular weight is 548 g/mol. The number of nitrogens with zero attached hydrogens (tertiary/aromatic N) is 6. The normalized spacial score (nSPS) is 13.8. The summed E-state index contributed by atoms with van der Waals surface area (Å²) in [7, 11) is 0. The molecule has 1 aliphatic heterocycles. The quantitative estimate of drug-likeness (QED) is 0.249. The lowest BCUT2D eigenvalue weighted by Gasteiger charge is -2.27. The van der Waals surface area contributed by atoms with E-state index in [0.717, 1.165) is 10.0 Å². The molecule has 34 heavy (non-hydrogen) atoms. The van der Waals surface area contributed by atoms with Crippen LogP contribution in [0.15, 0.2) is 46.0 Å². The van der Waals surface area contributed by atoms with E-state index < -0.39 is 4.92 Å². The van der Waals surface area contributed by atoms with Crippen LogP contribution in [0.3, 0.4) is 0 Å². The lowest BCUT2D eigenvalue weighted by Crippen LogP contribution is -2.37. The van der Waals surface area contributed by atoms with Gasteiger partial charge in [-0.25, -0.2) is 5.43 Å². The van der Waals surface area contributed by atoms with E-state index in [0.29, 0.717) is 54.5 Å². The second-order valence-electron chi connectivity index (χ2n) is 7.31. The number of nitro groups is 1. The highest BCUT2D eigenvalue weighted by molar-refractivity contribution is 9.10. The third kappa shape index (κ3) is 5.95. The van der Waals surface area contributed by atoms with Gasteiger partial charge in [-0.2, -0.15) is 20.1 Å². The third-order valence-electron chi connectivity index (χ3n) is 4.89. The first-order valence-electron chi connectivity index (χ1n) is 10.2. The van der Waals surface area contributed by atoms with Crippen molar-refractivity contribution < 1.29 is 9.66 Å². The standard InChI is InChI=1S/C21H20BrClN8O3/c1-13-10-16(22)18(11-17(13)23)25-19-26-20(28-21(27-19)30-6-8-34-9-7-30)29-24-12-14-2-4-15(5-3-14)31(32)33/h2-5,10-12H,6-9H2,1H3,(H2,25,26,27,28,29)/b24-12-. The van der Waals surface area contributed by atoms with Crippen molar-refractivity contribution in [1.29, 1.82) is 0 Å². The molecule has 2 N–H and O–H groups in total. The van der Waals surface area contributed by atoms with Crippen LogP contribution in [0, 0.1) is 17.0 Å². The van der Waals surface area contributed by atoms with Crippen molar-refractivity contribution in [3.8, 4) is 0 Å². The molecule has 11 nitrogen and oxygen atoms in total. The largest absolute Gasteiger partial charge is 0.378 e. The van der Waals surface area contributed by atoms with Gasteiger partial charge in [0.05, 0.1) is 30.0 Å². The van der Waals surface area contributed by atoms with E-state index in [4.69, 9.17) is 16.3 Å². The molecule has 0 unspecified atom stereocenters. The topological polar surface area (TPSA) is 131 Å². The Balaban J connectivity index is 1.58. The number of ether oxygens (including phenoxy) is 1. The lowest BCUT2D eigenvalue weighted by atomic mass is 10.2. The van der Waals surface area contributed by atoms with Crippen LogP contribution >= 0.6 is 27.5 Å². The fraction of sp³-hybridized carbons (Fsp3) is 0.238. The van der Waals surface area contributed by atoms with Gasteiger partial charge in [0, 0.05) is 34.7 Å². The zero-order valence-corrected chi connectivity index (χ0v) is 20.4. The third-order valence-corrected chi connectivity index (χ3v) is 5.96. The molecule has 0 bridgehead atoms. The van der Waals surface area contributed by atoms with E-state index >= 15 is 0 Å². The van der Waals surface area contributed by atoms with Crippen molar-refractivity contribution in [2.45, 2.75) is 6.92 Å². The van der Waals surface area contributed by atoms with Gasteiger partial charge >= 0.3 is 0 Å². The SMILES string of the molecule is Cc1cc(Br)c(Nc2nc(N/N=C\c3ccc([N+](=O)[O-])cc3)nc(N3CCOCC3)n2)cc1Cl. The van der Waals surface area contributed by atoms with Crippen molar-refractivity contribution in [3.05, 3.63) is 67.1 Å². The summed E-state index contributed by atoms with van der Waals surface area (Å²) in [5.74, 6) is 1.01. The van der Waals surface area contributed by atoms with E-state index in [9.17, 15) is 10.1 Å². The zero-order valence-electron chi connectivity index (χ0n) is 18.0. The fourth-order valence-corrected chi connectivity index (χ4v) is 3.81. The molecular weight excluding hydrogens is 528 g/mol. The number of hydrogen-bond donors (Lipinski definition) is 2. The van der Waals surface area contributed by atoms with Crippen LogP contribution in [0.2, 0.25) is 5.02 Å². The van der Waals surface area contributed by atoms with Crippen LogP contribution in [0.4, 0.5) is 29.2 Å². The molecule has 1 aliphatic rings. The van der Waals surface area contributed by atoms with Gasteiger partial charge in [-0.05, 0) is 58.2 Å². The van der Waals surface area contributed by atoms with E-state index in [2.05, 4.69) is 46.7 Å². The molecule has 0 saturated carbocycles. The maximum atomic E-state index is 10.8. The summed E-state index contributed by atoms with van der Waals surface area (Å²) in [6, 6.07) is 9.71. The van der Waals surface area contributed by atoms with Gasteiger partial charge in [0.15, 0.2) is 0 Å². The predicted molar refractivity (Wildman–Crippen MR) is 134 cm³/mol. The van der Waals surface area contributed by atoms with Crippen LogP contribution in [0.25, 0.3) is 0 Å². The second kappa shape index (κ2) is 10.7. The van der Waals surface area contributed by atoms with Gasteiger partial charge in [0.2, 0.25) is 17.8 Å². The lowest BCUT2D eigenvalue weighted by molar-refractivity contribution is -0.384. The smallest absolute Gasteiger partial charge is 0.269 e. The minimum atomic E-state index is -0.453. The number of aromatic nitrogens is 3. The second-order valence-corrected chi connectivity index (χ2v) is 8.57. The number of aryl methyl sites for hydroxylation is 1. The van der Waals surface area contributed by atoms with Crippen LogP contribution in [0.1, 0.15) is 11.1 Å². The number of hydrazone groups is 1. The number of nitrogens with one attached hydrogen (secondary N) is 2. The van der Waals surface area contributed by atoms with E-state index in [1.165, 1.54) is 18.3 Å². The molecule has 176 valence electrons. The minimum absolute atomic E-state index is 0.0100. The molecule has 0 radical (unpaired) electrons. The molecule has 3 aromatic rings. The Bertz CT molecular complexity index is 1220. The zero-order chi connectivity index (χ0) is 24.1. The first-order valence-corrected chi connectivity index (χ1v) is 11.4. The van der Waals surface area contributed by atoms with Crippen molar-refractivity contribution in [2.24, 2.45) is 5.10 Å². The van der Waals surface area contributed by atoms with Crippen molar-refractivity contribution in [3.63, 3.8) is 0 Å². The Morgan fingerprint density at radius 3 is 2.59 bits per heavy atom. The Morgan fingerprint density at radius 2 is 1.88 bits per heavy atom. The molecule has 0 atom stereocenters. The fourth-order valence-electron chi connectivity index (χ4n) is 3.08. The van der Waals surface area contributed by atoms with Gasteiger partial charge in [0.25, 0.3) is 5.69 Å². The Kier molecular flexibility index (Phi) is 7.50. The first-order chi connectivity index (χ1) is 16.4. The maximum absolute atomic E-state index is 10.8. The molecule has 1 fully saturated rings. The molecular formula is C21H20BrClN8O3. The average Bonchev–Trinajstić information content (AvgIpc) is 2.83. The Morgan fingerprint density at radius 1 is 1.18 bits per heavy atom.